The zero-order valence-electron chi connectivity index (χ0n) is 11.8. The highest BCUT2D eigenvalue weighted by atomic mass is 35.5. The van der Waals surface area contributed by atoms with E-state index in [0.29, 0.717) is 17.0 Å². The number of nitrogens with zero attached hydrogens (tertiary/aromatic N) is 2. The van der Waals surface area contributed by atoms with Crippen LogP contribution in [0.1, 0.15) is 11.3 Å². The number of aromatic nitrogens is 2. The van der Waals surface area contributed by atoms with Gasteiger partial charge in [-0.2, -0.15) is 0 Å². The van der Waals surface area contributed by atoms with Gasteiger partial charge in [0.25, 0.3) is 0 Å². The molecule has 2 aromatic heterocycles. The Bertz CT molecular complexity index is 831. The van der Waals surface area contributed by atoms with Gasteiger partial charge in [0.2, 0.25) is 0 Å². The molecule has 3 aromatic rings. The van der Waals surface area contributed by atoms with Crippen molar-refractivity contribution in [1.29, 1.82) is 0 Å². The molecule has 0 fully saturated rings. The van der Waals surface area contributed by atoms with Crippen LogP contribution >= 0.6 is 11.6 Å². The first kappa shape index (κ1) is 14.3. The van der Waals surface area contributed by atoms with E-state index in [4.69, 9.17) is 16.1 Å². The van der Waals surface area contributed by atoms with Gasteiger partial charge in [-0.05, 0) is 31.2 Å². The summed E-state index contributed by atoms with van der Waals surface area (Å²) in [5.74, 6) is 0. The first-order chi connectivity index (χ1) is 10.6. The SMILES string of the molecule is Cc1ccc2onc(CNC(=O)Nc3cccnc3Cl)c2c1. The van der Waals surface area contributed by atoms with Crippen molar-refractivity contribution < 1.29 is 9.32 Å². The van der Waals surface area contributed by atoms with Gasteiger partial charge < -0.3 is 15.2 Å². The Morgan fingerprint density at radius 3 is 3.05 bits per heavy atom. The normalized spacial score (nSPS) is 10.6. The maximum Gasteiger partial charge on any atom is 0.319 e. The van der Waals surface area contributed by atoms with Crippen molar-refractivity contribution >= 4 is 34.3 Å². The summed E-state index contributed by atoms with van der Waals surface area (Å²) >= 11 is 5.88. The second-order valence-electron chi connectivity index (χ2n) is 4.78. The van der Waals surface area contributed by atoms with Crippen molar-refractivity contribution in [3.8, 4) is 0 Å². The molecule has 0 atom stereocenters. The first-order valence-electron chi connectivity index (χ1n) is 6.64. The molecule has 0 radical (unpaired) electrons. The number of fused-ring (bicyclic) bond motifs is 1. The van der Waals surface area contributed by atoms with Gasteiger partial charge in [0, 0.05) is 11.6 Å². The number of aryl methyl sites for hydroxylation is 1. The van der Waals surface area contributed by atoms with Crippen molar-refractivity contribution in [1.82, 2.24) is 15.5 Å². The molecule has 22 heavy (non-hydrogen) atoms. The molecule has 2 heterocycles. The van der Waals surface area contributed by atoms with Gasteiger partial charge in [-0.15, -0.1) is 0 Å². The standard InChI is InChI=1S/C15H13ClN4O2/c1-9-4-5-13-10(7-9)12(20-22-13)8-18-15(21)19-11-3-2-6-17-14(11)16/h2-7H,8H2,1H3,(H2,18,19,21). The van der Waals surface area contributed by atoms with Gasteiger partial charge in [0.1, 0.15) is 5.69 Å². The summed E-state index contributed by atoms with van der Waals surface area (Å²) in [7, 11) is 0. The van der Waals surface area contributed by atoms with Crippen LogP contribution in [0.4, 0.5) is 10.5 Å². The van der Waals surface area contributed by atoms with E-state index in [1.807, 2.05) is 25.1 Å². The summed E-state index contributed by atoms with van der Waals surface area (Å²) in [5, 5.41) is 10.4. The lowest BCUT2D eigenvalue weighted by atomic mass is 10.1. The van der Waals surface area contributed by atoms with E-state index in [1.165, 1.54) is 0 Å². The van der Waals surface area contributed by atoms with E-state index >= 15 is 0 Å². The molecule has 0 aliphatic carbocycles. The fraction of sp³-hybridized carbons (Fsp3) is 0.133. The van der Waals surface area contributed by atoms with Crippen molar-refractivity contribution in [2.24, 2.45) is 0 Å². The molecule has 0 unspecified atom stereocenters. The van der Waals surface area contributed by atoms with Crippen LogP contribution in [0.25, 0.3) is 11.0 Å². The maximum absolute atomic E-state index is 11.9. The minimum atomic E-state index is -0.390. The average molecular weight is 317 g/mol. The quantitative estimate of drug-likeness (QED) is 0.725. The second kappa shape index (κ2) is 6.03. The summed E-state index contributed by atoms with van der Waals surface area (Å²) in [4.78, 5) is 15.8. The Balaban J connectivity index is 1.68. The Kier molecular flexibility index (Phi) is 3.93. The van der Waals surface area contributed by atoms with Gasteiger partial charge in [0.15, 0.2) is 10.7 Å². The summed E-state index contributed by atoms with van der Waals surface area (Å²) in [6, 6.07) is 8.75. The lowest BCUT2D eigenvalue weighted by Gasteiger charge is -2.07. The summed E-state index contributed by atoms with van der Waals surface area (Å²) < 4.78 is 5.22. The summed E-state index contributed by atoms with van der Waals surface area (Å²) in [6.07, 6.45) is 1.55. The van der Waals surface area contributed by atoms with Crippen molar-refractivity contribution in [3.63, 3.8) is 0 Å². The monoisotopic (exact) mass is 316 g/mol. The van der Waals surface area contributed by atoms with Crippen molar-refractivity contribution in [2.45, 2.75) is 13.5 Å². The van der Waals surface area contributed by atoms with Crippen LogP contribution in [0, 0.1) is 6.92 Å². The molecule has 2 amide bonds. The molecule has 0 spiro atoms. The number of pyridine rings is 1. The number of hydrogen-bond donors (Lipinski definition) is 2. The lowest BCUT2D eigenvalue weighted by molar-refractivity contribution is 0.251. The Morgan fingerprint density at radius 2 is 2.23 bits per heavy atom. The van der Waals surface area contributed by atoms with Crippen LogP contribution in [-0.2, 0) is 6.54 Å². The van der Waals surface area contributed by atoms with Crippen LogP contribution in [0.5, 0.6) is 0 Å². The highest BCUT2D eigenvalue weighted by Gasteiger charge is 2.10. The fourth-order valence-electron chi connectivity index (χ4n) is 2.04. The van der Waals surface area contributed by atoms with Crippen LogP contribution in [0.15, 0.2) is 41.1 Å². The minimum Gasteiger partial charge on any atom is -0.356 e. The predicted molar refractivity (Wildman–Crippen MR) is 83.9 cm³/mol. The molecule has 0 saturated heterocycles. The molecule has 2 N–H and O–H groups in total. The van der Waals surface area contributed by atoms with Gasteiger partial charge in [-0.3, -0.25) is 0 Å². The van der Waals surface area contributed by atoms with Crippen LogP contribution < -0.4 is 10.6 Å². The molecule has 0 saturated carbocycles. The van der Waals surface area contributed by atoms with E-state index in [1.54, 1.807) is 18.3 Å². The summed E-state index contributed by atoms with van der Waals surface area (Å²) in [5.41, 5.74) is 2.91. The molecule has 0 aliphatic heterocycles. The molecule has 112 valence electrons. The second-order valence-corrected chi connectivity index (χ2v) is 5.14. The zero-order valence-corrected chi connectivity index (χ0v) is 12.5. The highest BCUT2D eigenvalue weighted by molar-refractivity contribution is 6.32. The third-order valence-corrected chi connectivity index (χ3v) is 3.43. The molecular weight excluding hydrogens is 304 g/mol. The predicted octanol–water partition coefficient (Wildman–Crippen LogP) is 3.51. The van der Waals surface area contributed by atoms with E-state index in [-0.39, 0.29) is 11.7 Å². The average Bonchev–Trinajstić information content (AvgIpc) is 2.90. The first-order valence-corrected chi connectivity index (χ1v) is 7.01. The molecule has 3 rings (SSSR count). The number of halogens is 1. The van der Waals surface area contributed by atoms with Crippen molar-refractivity contribution in [3.05, 3.63) is 52.9 Å². The number of carbonyl (C=O) groups is 1. The van der Waals surface area contributed by atoms with Gasteiger partial charge in [0.05, 0.1) is 12.2 Å². The molecule has 6 nitrogen and oxygen atoms in total. The van der Waals surface area contributed by atoms with Crippen LogP contribution in [0.2, 0.25) is 5.15 Å². The zero-order chi connectivity index (χ0) is 15.5. The molecular formula is C15H13ClN4O2. The third-order valence-electron chi connectivity index (χ3n) is 3.12. The highest BCUT2D eigenvalue weighted by Crippen LogP contribution is 2.20. The number of nitrogens with one attached hydrogen (secondary N) is 2. The van der Waals surface area contributed by atoms with E-state index in [9.17, 15) is 4.79 Å². The molecule has 0 bridgehead atoms. The number of carbonyl (C=O) groups excluding carboxylic acids is 1. The smallest absolute Gasteiger partial charge is 0.319 e. The minimum absolute atomic E-state index is 0.236. The number of amides is 2. The van der Waals surface area contributed by atoms with E-state index < -0.39 is 6.03 Å². The molecule has 0 aliphatic rings. The Hall–Kier alpha value is -2.60. The number of benzene rings is 1. The number of rotatable bonds is 3. The number of hydrogen-bond acceptors (Lipinski definition) is 4. The van der Waals surface area contributed by atoms with Gasteiger partial charge in [-0.25, -0.2) is 9.78 Å². The third kappa shape index (κ3) is 3.01. The van der Waals surface area contributed by atoms with E-state index in [2.05, 4.69) is 20.8 Å². The van der Waals surface area contributed by atoms with E-state index in [0.717, 1.165) is 10.9 Å². The summed E-state index contributed by atoms with van der Waals surface area (Å²) in [6.45, 7) is 2.24. The molecule has 1 aromatic carbocycles. The molecule has 7 heteroatoms. The largest absolute Gasteiger partial charge is 0.356 e. The van der Waals surface area contributed by atoms with Crippen LogP contribution in [0.3, 0.4) is 0 Å². The fourth-order valence-corrected chi connectivity index (χ4v) is 2.21. The Morgan fingerprint density at radius 1 is 1.36 bits per heavy atom. The maximum atomic E-state index is 11.9. The topological polar surface area (TPSA) is 80.0 Å². The van der Waals surface area contributed by atoms with Crippen LogP contribution in [-0.4, -0.2) is 16.2 Å². The van der Waals surface area contributed by atoms with Gasteiger partial charge >= 0.3 is 6.03 Å². The van der Waals surface area contributed by atoms with Gasteiger partial charge in [-0.1, -0.05) is 28.4 Å². The number of urea groups is 1. The lowest BCUT2D eigenvalue weighted by Crippen LogP contribution is -2.28. The Labute approximate surface area is 131 Å². The van der Waals surface area contributed by atoms with Crippen molar-refractivity contribution in [2.75, 3.05) is 5.32 Å². The number of anilines is 1.